The molecule has 0 radical (unpaired) electrons. The highest BCUT2D eigenvalue weighted by Gasteiger charge is 2.27. The van der Waals surface area contributed by atoms with Gasteiger partial charge in [-0.3, -0.25) is 9.59 Å². The Hall–Kier alpha value is -1.17. The van der Waals surface area contributed by atoms with Crippen LogP contribution in [0, 0.1) is 11.3 Å². The Morgan fingerprint density at radius 2 is 1.88 bits per heavy atom. The third kappa shape index (κ3) is 5.12. The van der Waals surface area contributed by atoms with E-state index in [0.29, 0.717) is 6.42 Å². The average Bonchev–Trinajstić information content (AvgIpc) is 2.22. The lowest BCUT2D eigenvalue weighted by molar-refractivity contribution is -0.127. The number of hydrogen-bond donors (Lipinski definition) is 3. The number of carbonyl (C=O) groups is 2. The Balaban J connectivity index is 4.43. The van der Waals surface area contributed by atoms with Crippen LogP contribution in [0.3, 0.4) is 0 Å². The van der Waals surface area contributed by atoms with Crippen molar-refractivity contribution in [3.05, 3.63) is 0 Å². The highest BCUT2D eigenvalue weighted by molar-refractivity contribution is 7.80. The largest absolute Gasteiger partial charge is 0.393 e. The molecular formula is C11H21N3O2S. The predicted octanol–water partition coefficient (Wildman–Crippen LogP) is 0.317. The Bertz CT molecular complexity index is 316. The quantitative estimate of drug-likeness (QED) is 0.573. The molecule has 6 heteroatoms. The smallest absolute Gasteiger partial charge is 0.229 e. The molecule has 0 aliphatic carbocycles. The van der Waals surface area contributed by atoms with E-state index in [9.17, 15) is 9.59 Å². The van der Waals surface area contributed by atoms with Gasteiger partial charge in [0.05, 0.1) is 16.3 Å². The molecule has 1 unspecified atom stereocenters. The van der Waals surface area contributed by atoms with Crippen LogP contribution < -0.4 is 16.8 Å². The van der Waals surface area contributed by atoms with Gasteiger partial charge < -0.3 is 16.8 Å². The van der Waals surface area contributed by atoms with Crippen molar-refractivity contribution in [2.75, 3.05) is 6.54 Å². The summed E-state index contributed by atoms with van der Waals surface area (Å²) < 4.78 is 0. The summed E-state index contributed by atoms with van der Waals surface area (Å²) in [5, 5.41) is 2.66. The second-order valence-electron chi connectivity index (χ2n) is 4.71. The van der Waals surface area contributed by atoms with Gasteiger partial charge in [0.1, 0.15) is 0 Å². The fraction of sp³-hybridized carbons (Fsp3) is 0.727. The fourth-order valence-electron chi connectivity index (χ4n) is 1.21. The van der Waals surface area contributed by atoms with E-state index in [1.54, 1.807) is 13.8 Å². The molecule has 0 aliphatic heterocycles. The van der Waals surface area contributed by atoms with E-state index < -0.39 is 17.2 Å². The standard InChI is InChI=1S/C11H21N3O2S/c1-4-5-7(8(12)17)9(15)14-6-11(2,3)10(13)16/h7H,4-6H2,1-3H3,(H2,12,17)(H2,13,16)(H,14,15). The van der Waals surface area contributed by atoms with E-state index in [2.05, 4.69) is 5.32 Å². The monoisotopic (exact) mass is 259 g/mol. The van der Waals surface area contributed by atoms with Crippen LogP contribution in [0.1, 0.15) is 33.6 Å². The van der Waals surface area contributed by atoms with Gasteiger partial charge in [0.25, 0.3) is 0 Å². The molecule has 98 valence electrons. The molecule has 1 atom stereocenters. The normalized spacial score (nSPS) is 12.9. The van der Waals surface area contributed by atoms with Crippen LogP contribution in [0.5, 0.6) is 0 Å². The van der Waals surface area contributed by atoms with Gasteiger partial charge in [-0.15, -0.1) is 0 Å². The molecule has 0 rings (SSSR count). The molecule has 5 N–H and O–H groups in total. The maximum atomic E-state index is 11.8. The second kappa shape index (κ2) is 6.54. The van der Waals surface area contributed by atoms with E-state index in [1.165, 1.54) is 0 Å². The van der Waals surface area contributed by atoms with Crippen molar-refractivity contribution in [2.45, 2.75) is 33.6 Å². The summed E-state index contributed by atoms with van der Waals surface area (Å²) in [6.07, 6.45) is 1.42. The molecular weight excluding hydrogens is 238 g/mol. The molecule has 0 aliphatic rings. The molecule has 0 aromatic heterocycles. The van der Waals surface area contributed by atoms with Crippen LogP contribution >= 0.6 is 12.2 Å². The van der Waals surface area contributed by atoms with Crippen LogP contribution in [0.15, 0.2) is 0 Å². The Kier molecular flexibility index (Phi) is 6.09. The van der Waals surface area contributed by atoms with Crippen molar-refractivity contribution >= 4 is 29.0 Å². The predicted molar refractivity (Wildman–Crippen MR) is 71.2 cm³/mol. The van der Waals surface area contributed by atoms with Gasteiger partial charge in [-0.2, -0.15) is 0 Å². The highest BCUT2D eigenvalue weighted by Crippen LogP contribution is 2.13. The zero-order valence-electron chi connectivity index (χ0n) is 10.6. The molecule has 2 amide bonds. The SMILES string of the molecule is CCCC(C(=O)NCC(C)(C)C(N)=O)C(N)=S. The van der Waals surface area contributed by atoms with Crippen molar-refractivity contribution in [2.24, 2.45) is 22.8 Å². The Morgan fingerprint density at radius 3 is 2.24 bits per heavy atom. The van der Waals surface area contributed by atoms with Crippen molar-refractivity contribution in [1.82, 2.24) is 5.32 Å². The van der Waals surface area contributed by atoms with E-state index in [0.717, 1.165) is 6.42 Å². The number of rotatable bonds is 7. The topological polar surface area (TPSA) is 98.2 Å². The first-order chi connectivity index (χ1) is 7.72. The van der Waals surface area contributed by atoms with Gasteiger partial charge in [0, 0.05) is 6.54 Å². The first-order valence-electron chi connectivity index (χ1n) is 5.59. The van der Waals surface area contributed by atoms with Gasteiger partial charge in [0.15, 0.2) is 0 Å². The van der Waals surface area contributed by atoms with E-state index in [-0.39, 0.29) is 17.4 Å². The van der Waals surface area contributed by atoms with Crippen molar-refractivity contribution in [3.8, 4) is 0 Å². The molecule has 5 nitrogen and oxygen atoms in total. The summed E-state index contributed by atoms with van der Waals surface area (Å²) in [5.74, 6) is -1.17. The van der Waals surface area contributed by atoms with E-state index in [1.807, 2.05) is 6.92 Å². The highest BCUT2D eigenvalue weighted by atomic mass is 32.1. The van der Waals surface area contributed by atoms with Gasteiger partial charge in [-0.05, 0) is 20.3 Å². The van der Waals surface area contributed by atoms with Crippen LogP contribution in [-0.2, 0) is 9.59 Å². The maximum absolute atomic E-state index is 11.8. The van der Waals surface area contributed by atoms with Crippen molar-refractivity contribution in [1.29, 1.82) is 0 Å². The van der Waals surface area contributed by atoms with E-state index in [4.69, 9.17) is 23.7 Å². The summed E-state index contributed by atoms with van der Waals surface area (Å²) in [6.45, 7) is 5.48. The summed E-state index contributed by atoms with van der Waals surface area (Å²) in [7, 11) is 0. The number of carbonyl (C=O) groups excluding carboxylic acids is 2. The molecule has 0 aromatic rings. The third-order valence-corrected chi connectivity index (χ3v) is 2.89. The van der Waals surface area contributed by atoms with Crippen molar-refractivity contribution in [3.63, 3.8) is 0 Å². The molecule has 17 heavy (non-hydrogen) atoms. The minimum atomic E-state index is -0.775. The molecule has 0 bridgehead atoms. The minimum absolute atomic E-state index is 0.182. The summed E-state index contributed by atoms with van der Waals surface area (Å²) in [4.78, 5) is 23.1. The van der Waals surface area contributed by atoms with Gasteiger partial charge >= 0.3 is 0 Å². The van der Waals surface area contributed by atoms with Crippen LogP contribution in [-0.4, -0.2) is 23.3 Å². The molecule has 0 fully saturated rings. The number of primary amides is 1. The van der Waals surface area contributed by atoms with Gasteiger partial charge in [0.2, 0.25) is 11.8 Å². The third-order valence-electron chi connectivity index (χ3n) is 2.61. The number of hydrogen-bond acceptors (Lipinski definition) is 3. The van der Waals surface area contributed by atoms with E-state index >= 15 is 0 Å². The number of nitrogens with one attached hydrogen (secondary N) is 1. The first-order valence-corrected chi connectivity index (χ1v) is 6.00. The molecule has 0 aromatic carbocycles. The summed E-state index contributed by atoms with van der Waals surface area (Å²) in [6, 6.07) is 0. The van der Waals surface area contributed by atoms with Crippen LogP contribution in [0.4, 0.5) is 0 Å². The zero-order valence-corrected chi connectivity index (χ0v) is 11.4. The molecule has 0 saturated heterocycles. The van der Waals surface area contributed by atoms with Gasteiger partial charge in [-0.25, -0.2) is 0 Å². The Labute approximate surface area is 107 Å². The maximum Gasteiger partial charge on any atom is 0.229 e. The number of thiocarbonyl (C=S) groups is 1. The van der Waals surface area contributed by atoms with Crippen LogP contribution in [0.2, 0.25) is 0 Å². The van der Waals surface area contributed by atoms with Crippen LogP contribution in [0.25, 0.3) is 0 Å². The molecule has 0 spiro atoms. The zero-order chi connectivity index (χ0) is 13.6. The minimum Gasteiger partial charge on any atom is -0.393 e. The lowest BCUT2D eigenvalue weighted by atomic mass is 9.92. The van der Waals surface area contributed by atoms with Crippen molar-refractivity contribution < 1.29 is 9.59 Å². The summed E-state index contributed by atoms with van der Waals surface area (Å²) in [5.41, 5.74) is 9.94. The second-order valence-corrected chi connectivity index (χ2v) is 5.18. The molecule has 0 saturated carbocycles. The number of amides is 2. The summed E-state index contributed by atoms with van der Waals surface area (Å²) >= 11 is 4.84. The number of nitrogens with two attached hydrogens (primary N) is 2. The fourth-order valence-corrected chi connectivity index (χ4v) is 1.43. The first kappa shape index (κ1) is 15.8. The Morgan fingerprint density at radius 1 is 1.35 bits per heavy atom. The lowest BCUT2D eigenvalue weighted by Gasteiger charge is -2.22. The van der Waals surface area contributed by atoms with Gasteiger partial charge in [-0.1, -0.05) is 25.6 Å². The average molecular weight is 259 g/mol. The lowest BCUT2D eigenvalue weighted by Crippen LogP contribution is -2.46. The molecule has 0 heterocycles.